The summed E-state index contributed by atoms with van der Waals surface area (Å²) in [6.45, 7) is 2.57. The largest absolute Gasteiger partial charge is 0.384 e. The summed E-state index contributed by atoms with van der Waals surface area (Å²) in [4.78, 5) is 19.3. The monoisotopic (exact) mass is 339 g/mol. The highest BCUT2D eigenvalue weighted by atomic mass is 16.5. The van der Waals surface area contributed by atoms with E-state index in [2.05, 4.69) is 14.6 Å². The number of methoxy groups -OCH3 is 1. The molecule has 1 amide bonds. The normalized spacial score (nSPS) is 17.5. The first-order chi connectivity index (χ1) is 12.2. The molecule has 1 aliphatic rings. The molecule has 1 aromatic carbocycles. The maximum atomic E-state index is 13.2. The minimum atomic E-state index is -0.0486. The number of imidazole rings is 1. The topological polar surface area (TPSA) is 65.2 Å². The van der Waals surface area contributed by atoms with Crippen LogP contribution in [0.15, 0.2) is 36.8 Å². The molecule has 0 radical (unpaired) electrons. The molecule has 4 rings (SSSR count). The number of hydrogen-bond donors (Lipinski definition) is 0. The van der Waals surface area contributed by atoms with Gasteiger partial charge in [0.25, 0.3) is 5.91 Å². The number of aromatic nitrogens is 4. The first kappa shape index (κ1) is 15.8. The van der Waals surface area contributed by atoms with Crippen LogP contribution < -0.4 is 0 Å². The van der Waals surface area contributed by atoms with Gasteiger partial charge >= 0.3 is 0 Å². The fourth-order valence-corrected chi connectivity index (χ4v) is 3.57. The minimum Gasteiger partial charge on any atom is -0.384 e. The minimum absolute atomic E-state index is 0.0486. The fraction of sp³-hybridized carbons (Fsp3) is 0.389. The van der Waals surface area contributed by atoms with Crippen LogP contribution in [0.25, 0.3) is 10.9 Å². The zero-order valence-corrected chi connectivity index (χ0v) is 14.4. The second-order valence-electron chi connectivity index (χ2n) is 6.53. The van der Waals surface area contributed by atoms with Gasteiger partial charge in [-0.15, -0.1) is 0 Å². The first-order valence-electron chi connectivity index (χ1n) is 8.36. The Morgan fingerprint density at radius 1 is 1.32 bits per heavy atom. The first-order valence-corrected chi connectivity index (χ1v) is 8.36. The summed E-state index contributed by atoms with van der Waals surface area (Å²) >= 11 is 0. The highest BCUT2D eigenvalue weighted by Gasteiger charge is 2.28. The summed E-state index contributed by atoms with van der Waals surface area (Å²) in [6.07, 6.45) is 3.65. The van der Waals surface area contributed by atoms with E-state index in [4.69, 9.17) is 4.74 Å². The van der Waals surface area contributed by atoms with Gasteiger partial charge in [0.1, 0.15) is 0 Å². The SMILES string of the molecule is COCC1CN(C(=O)c2nn(C)c3ccccc23)Cc2cncn2C1. The van der Waals surface area contributed by atoms with Crippen molar-refractivity contribution in [2.45, 2.75) is 13.1 Å². The third kappa shape index (κ3) is 2.80. The number of para-hydroxylation sites is 1. The van der Waals surface area contributed by atoms with E-state index in [1.807, 2.05) is 48.7 Å². The molecule has 1 atom stereocenters. The Morgan fingerprint density at radius 2 is 2.16 bits per heavy atom. The van der Waals surface area contributed by atoms with E-state index < -0.39 is 0 Å². The molecule has 3 aromatic rings. The lowest BCUT2D eigenvalue weighted by Crippen LogP contribution is -2.35. The molecular formula is C18H21N5O2. The summed E-state index contributed by atoms with van der Waals surface area (Å²) in [5, 5.41) is 5.37. The van der Waals surface area contributed by atoms with Gasteiger partial charge in [-0.05, 0) is 6.07 Å². The summed E-state index contributed by atoms with van der Waals surface area (Å²) in [7, 11) is 3.56. The Morgan fingerprint density at radius 3 is 3.00 bits per heavy atom. The van der Waals surface area contributed by atoms with Gasteiger partial charge in [-0.2, -0.15) is 5.10 Å². The highest BCUT2D eigenvalue weighted by Crippen LogP contribution is 2.22. The molecule has 0 fully saturated rings. The second kappa shape index (κ2) is 6.33. The van der Waals surface area contributed by atoms with Crippen LogP contribution in [-0.4, -0.2) is 50.4 Å². The Kier molecular flexibility index (Phi) is 4.01. The van der Waals surface area contributed by atoms with Crippen LogP contribution >= 0.6 is 0 Å². The van der Waals surface area contributed by atoms with Crippen LogP contribution in [0.1, 0.15) is 16.2 Å². The van der Waals surface area contributed by atoms with Gasteiger partial charge in [-0.25, -0.2) is 4.98 Å². The van der Waals surface area contributed by atoms with Crippen molar-refractivity contribution in [3.8, 4) is 0 Å². The maximum Gasteiger partial charge on any atom is 0.275 e. The number of carbonyl (C=O) groups excluding carboxylic acids is 1. The lowest BCUT2D eigenvalue weighted by atomic mass is 10.1. The quantitative estimate of drug-likeness (QED) is 0.728. The van der Waals surface area contributed by atoms with Crippen molar-refractivity contribution < 1.29 is 9.53 Å². The van der Waals surface area contributed by atoms with Gasteiger partial charge in [-0.3, -0.25) is 9.48 Å². The van der Waals surface area contributed by atoms with Crippen LogP contribution in [0.4, 0.5) is 0 Å². The number of hydrogen-bond acceptors (Lipinski definition) is 4. The molecule has 7 heteroatoms. The second-order valence-corrected chi connectivity index (χ2v) is 6.53. The number of rotatable bonds is 3. The van der Waals surface area contributed by atoms with Crippen molar-refractivity contribution in [2.24, 2.45) is 13.0 Å². The number of fused-ring (bicyclic) bond motifs is 2. The summed E-state index contributed by atoms with van der Waals surface area (Å²) in [5.41, 5.74) is 2.49. The van der Waals surface area contributed by atoms with Gasteiger partial charge in [0.2, 0.25) is 0 Å². The third-order valence-electron chi connectivity index (χ3n) is 4.73. The van der Waals surface area contributed by atoms with Crippen LogP contribution in [-0.2, 0) is 24.9 Å². The predicted molar refractivity (Wildman–Crippen MR) is 93.0 cm³/mol. The molecular weight excluding hydrogens is 318 g/mol. The molecule has 0 spiro atoms. The lowest BCUT2D eigenvalue weighted by Gasteiger charge is -2.23. The van der Waals surface area contributed by atoms with Crippen LogP contribution in [0.2, 0.25) is 0 Å². The zero-order valence-electron chi connectivity index (χ0n) is 14.4. The van der Waals surface area contributed by atoms with Crippen molar-refractivity contribution in [3.05, 3.63) is 48.2 Å². The molecule has 1 aliphatic heterocycles. The molecule has 7 nitrogen and oxygen atoms in total. The molecule has 0 N–H and O–H groups in total. The Bertz CT molecular complexity index is 913. The van der Waals surface area contributed by atoms with E-state index in [-0.39, 0.29) is 11.8 Å². The summed E-state index contributed by atoms with van der Waals surface area (Å²) < 4.78 is 9.21. The van der Waals surface area contributed by atoms with Gasteiger partial charge in [0.05, 0.1) is 30.7 Å². The number of aryl methyl sites for hydroxylation is 1. The predicted octanol–water partition coefficient (Wildman–Crippen LogP) is 1.69. The summed E-state index contributed by atoms with van der Waals surface area (Å²) in [6, 6.07) is 7.82. The van der Waals surface area contributed by atoms with E-state index in [1.54, 1.807) is 11.8 Å². The number of amides is 1. The molecule has 0 aliphatic carbocycles. The third-order valence-corrected chi connectivity index (χ3v) is 4.73. The zero-order chi connectivity index (χ0) is 17.4. The lowest BCUT2D eigenvalue weighted by molar-refractivity contribution is 0.0662. The van der Waals surface area contributed by atoms with E-state index in [9.17, 15) is 4.79 Å². The number of carbonyl (C=O) groups is 1. The van der Waals surface area contributed by atoms with Crippen molar-refractivity contribution in [1.29, 1.82) is 0 Å². The van der Waals surface area contributed by atoms with Gasteiger partial charge in [0, 0.05) is 44.7 Å². The number of benzene rings is 1. The fourth-order valence-electron chi connectivity index (χ4n) is 3.57. The van der Waals surface area contributed by atoms with Crippen LogP contribution in [0, 0.1) is 5.92 Å². The Hall–Kier alpha value is -2.67. The van der Waals surface area contributed by atoms with E-state index in [0.717, 1.165) is 23.1 Å². The molecule has 130 valence electrons. The van der Waals surface area contributed by atoms with Gasteiger partial charge in [-0.1, -0.05) is 18.2 Å². The van der Waals surface area contributed by atoms with Gasteiger partial charge in [0.15, 0.2) is 5.69 Å². The van der Waals surface area contributed by atoms with Crippen molar-refractivity contribution in [2.75, 3.05) is 20.3 Å². The molecule has 0 saturated heterocycles. The standard InChI is InChI=1S/C18H21N5O2/c1-21-16-6-4-3-5-15(16)17(20-21)18(24)22-8-13(11-25-2)9-23-12-19-7-14(23)10-22/h3-7,12-13H,8-11H2,1-2H3. The van der Waals surface area contributed by atoms with E-state index >= 15 is 0 Å². The molecule has 0 bridgehead atoms. The Balaban J connectivity index is 1.70. The van der Waals surface area contributed by atoms with Crippen LogP contribution in [0.5, 0.6) is 0 Å². The smallest absolute Gasteiger partial charge is 0.275 e. The Labute approximate surface area is 145 Å². The molecule has 0 saturated carbocycles. The maximum absolute atomic E-state index is 13.2. The number of nitrogens with zero attached hydrogens (tertiary/aromatic N) is 5. The average molecular weight is 339 g/mol. The highest BCUT2D eigenvalue weighted by molar-refractivity contribution is 6.04. The van der Waals surface area contributed by atoms with E-state index in [0.29, 0.717) is 25.4 Å². The van der Waals surface area contributed by atoms with Gasteiger partial charge < -0.3 is 14.2 Å². The molecule has 3 heterocycles. The van der Waals surface area contributed by atoms with E-state index in [1.165, 1.54) is 0 Å². The van der Waals surface area contributed by atoms with Crippen molar-refractivity contribution in [3.63, 3.8) is 0 Å². The van der Waals surface area contributed by atoms with Crippen LogP contribution in [0.3, 0.4) is 0 Å². The molecule has 2 aromatic heterocycles. The molecule has 25 heavy (non-hydrogen) atoms. The van der Waals surface area contributed by atoms with Crippen molar-refractivity contribution >= 4 is 16.8 Å². The van der Waals surface area contributed by atoms with Crippen molar-refractivity contribution in [1.82, 2.24) is 24.2 Å². The number of ether oxygens (including phenoxy) is 1. The average Bonchev–Trinajstić information content (AvgIpc) is 3.14. The molecule has 1 unspecified atom stereocenters. The summed E-state index contributed by atoms with van der Waals surface area (Å²) in [5.74, 6) is 0.173.